The highest BCUT2D eigenvalue weighted by Gasteiger charge is 2.47. The smallest absolute Gasteiger partial charge is 0.300 e. The van der Waals surface area contributed by atoms with E-state index in [1.165, 1.54) is 4.90 Å². The topological polar surface area (TPSA) is 66.8 Å². The summed E-state index contributed by atoms with van der Waals surface area (Å²) in [6.45, 7) is 7.82. The summed E-state index contributed by atoms with van der Waals surface area (Å²) in [5, 5.41) is 11.2. The third-order valence-electron chi connectivity index (χ3n) is 5.88. The second-order valence-corrected chi connectivity index (χ2v) is 9.60. The van der Waals surface area contributed by atoms with Gasteiger partial charge >= 0.3 is 0 Å². The summed E-state index contributed by atoms with van der Waals surface area (Å²) < 4.78 is 6.71. The minimum absolute atomic E-state index is 0.0378. The molecule has 34 heavy (non-hydrogen) atoms. The van der Waals surface area contributed by atoms with Crippen LogP contribution < -0.4 is 9.64 Å². The minimum atomic E-state index is -0.804. The van der Waals surface area contributed by atoms with Crippen LogP contribution in [0.4, 0.5) is 5.69 Å². The van der Waals surface area contributed by atoms with Gasteiger partial charge in [0.15, 0.2) is 0 Å². The summed E-state index contributed by atoms with van der Waals surface area (Å²) >= 11 is 3.39. The molecule has 6 heteroatoms. The molecule has 1 aliphatic rings. The molecular weight excluding hydrogens is 494 g/mol. The van der Waals surface area contributed by atoms with Gasteiger partial charge < -0.3 is 9.84 Å². The molecule has 0 bridgehead atoms. The summed E-state index contributed by atoms with van der Waals surface area (Å²) in [5.41, 5.74) is 3.87. The molecule has 1 aliphatic heterocycles. The highest BCUT2D eigenvalue weighted by atomic mass is 79.9. The van der Waals surface area contributed by atoms with E-state index in [2.05, 4.69) is 15.9 Å². The Labute approximate surface area is 207 Å². The number of hydrogen-bond acceptors (Lipinski definition) is 4. The first kappa shape index (κ1) is 23.8. The van der Waals surface area contributed by atoms with Crippen molar-refractivity contribution in [1.29, 1.82) is 0 Å². The van der Waals surface area contributed by atoms with Crippen LogP contribution in [0.1, 0.15) is 42.1 Å². The van der Waals surface area contributed by atoms with Crippen LogP contribution in [0.5, 0.6) is 5.75 Å². The average Bonchev–Trinajstić information content (AvgIpc) is 3.06. The van der Waals surface area contributed by atoms with Crippen LogP contribution in [-0.4, -0.2) is 22.9 Å². The van der Waals surface area contributed by atoms with Gasteiger partial charge in [-0.3, -0.25) is 14.5 Å². The fourth-order valence-corrected chi connectivity index (χ4v) is 4.35. The summed E-state index contributed by atoms with van der Waals surface area (Å²) in [7, 11) is 0. The van der Waals surface area contributed by atoms with Gasteiger partial charge in [-0.1, -0.05) is 46.3 Å². The number of ether oxygens (including phenoxy) is 1. The Morgan fingerprint density at radius 3 is 2.32 bits per heavy atom. The summed E-state index contributed by atoms with van der Waals surface area (Å²) in [4.78, 5) is 28.1. The largest absolute Gasteiger partial charge is 0.507 e. The number of aliphatic hydroxyl groups excluding tert-OH is 1. The number of hydrogen-bond donors (Lipinski definition) is 1. The number of nitrogens with zero attached hydrogens (tertiary/aromatic N) is 1. The zero-order valence-corrected chi connectivity index (χ0v) is 21.1. The van der Waals surface area contributed by atoms with Crippen molar-refractivity contribution in [2.45, 2.75) is 39.8 Å². The molecule has 1 atom stereocenters. The van der Waals surface area contributed by atoms with Gasteiger partial charge in [-0.05, 0) is 80.8 Å². The molecule has 1 unspecified atom stereocenters. The molecule has 3 aromatic carbocycles. The van der Waals surface area contributed by atoms with Crippen LogP contribution in [-0.2, 0) is 9.59 Å². The number of Topliss-reactive ketones (excluding diaryl/α,β-unsaturated/α-hetero) is 1. The van der Waals surface area contributed by atoms with E-state index in [0.29, 0.717) is 22.6 Å². The molecule has 0 radical (unpaired) electrons. The molecule has 0 aromatic heterocycles. The lowest BCUT2D eigenvalue weighted by molar-refractivity contribution is -0.132. The number of carbonyl (C=O) groups is 2. The number of aliphatic hydroxyl groups is 1. The highest BCUT2D eigenvalue weighted by molar-refractivity contribution is 9.10. The van der Waals surface area contributed by atoms with Crippen LogP contribution in [0.15, 0.2) is 76.8 Å². The van der Waals surface area contributed by atoms with Crippen molar-refractivity contribution < 1.29 is 19.4 Å². The molecule has 1 fully saturated rings. The molecule has 4 rings (SSSR count). The second kappa shape index (κ2) is 9.47. The minimum Gasteiger partial charge on any atom is -0.507 e. The van der Waals surface area contributed by atoms with Crippen LogP contribution in [0.25, 0.3) is 5.76 Å². The lowest BCUT2D eigenvalue weighted by atomic mass is 9.95. The van der Waals surface area contributed by atoms with Gasteiger partial charge in [0.1, 0.15) is 11.5 Å². The van der Waals surface area contributed by atoms with Crippen molar-refractivity contribution in [2.75, 3.05) is 4.90 Å². The molecule has 1 saturated heterocycles. The van der Waals surface area contributed by atoms with Gasteiger partial charge in [-0.2, -0.15) is 0 Å². The molecular formula is C28H26BrNO4. The Bertz CT molecular complexity index is 1290. The zero-order valence-electron chi connectivity index (χ0n) is 19.5. The van der Waals surface area contributed by atoms with E-state index >= 15 is 0 Å². The second-order valence-electron chi connectivity index (χ2n) is 8.68. The van der Waals surface area contributed by atoms with Gasteiger partial charge in [0.25, 0.3) is 11.7 Å². The molecule has 1 amide bonds. The van der Waals surface area contributed by atoms with Crippen molar-refractivity contribution in [2.24, 2.45) is 0 Å². The van der Waals surface area contributed by atoms with E-state index in [9.17, 15) is 14.7 Å². The molecule has 0 saturated carbocycles. The van der Waals surface area contributed by atoms with E-state index < -0.39 is 17.7 Å². The molecule has 5 nitrogen and oxygen atoms in total. The normalized spacial score (nSPS) is 17.5. The van der Waals surface area contributed by atoms with Gasteiger partial charge in [0.05, 0.1) is 17.7 Å². The fourth-order valence-electron chi connectivity index (χ4n) is 4.08. The van der Waals surface area contributed by atoms with Crippen molar-refractivity contribution in [3.8, 4) is 5.75 Å². The Balaban J connectivity index is 1.94. The molecule has 1 heterocycles. The number of amides is 1. The maximum absolute atomic E-state index is 13.3. The van der Waals surface area contributed by atoms with Crippen molar-refractivity contribution in [3.63, 3.8) is 0 Å². The van der Waals surface area contributed by atoms with Gasteiger partial charge in [-0.15, -0.1) is 0 Å². The van der Waals surface area contributed by atoms with E-state index in [1.54, 1.807) is 24.3 Å². The third kappa shape index (κ3) is 4.50. The van der Waals surface area contributed by atoms with Gasteiger partial charge in [-0.25, -0.2) is 0 Å². The Hall–Kier alpha value is -3.38. The van der Waals surface area contributed by atoms with Crippen LogP contribution in [0, 0.1) is 13.8 Å². The number of rotatable bonds is 5. The van der Waals surface area contributed by atoms with Gasteiger partial charge in [0.2, 0.25) is 0 Å². The zero-order chi connectivity index (χ0) is 24.6. The van der Waals surface area contributed by atoms with Crippen molar-refractivity contribution >= 4 is 39.1 Å². The fraction of sp³-hybridized carbons (Fsp3) is 0.214. The van der Waals surface area contributed by atoms with E-state index in [-0.39, 0.29) is 17.4 Å². The van der Waals surface area contributed by atoms with Crippen LogP contribution in [0.3, 0.4) is 0 Å². The standard InChI is InChI=1S/C28H26BrNO4/c1-16(2)34-23-7-5-6-20(15-23)25-24(26(31)19-9-11-21(29)12-10-19)27(32)28(33)30(25)22-13-8-17(3)18(4)14-22/h5-16,25,31H,1-4H3/b26-24+. The molecule has 174 valence electrons. The predicted molar refractivity (Wildman–Crippen MR) is 137 cm³/mol. The molecule has 1 N–H and O–H groups in total. The number of ketones is 1. The Morgan fingerprint density at radius 1 is 0.971 bits per heavy atom. The van der Waals surface area contributed by atoms with E-state index in [4.69, 9.17) is 4.74 Å². The lowest BCUT2D eigenvalue weighted by Gasteiger charge is -2.26. The van der Waals surface area contributed by atoms with Gasteiger partial charge in [0, 0.05) is 15.7 Å². The number of carbonyl (C=O) groups excluding carboxylic acids is 2. The highest BCUT2D eigenvalue weighted by Crippen LogP contribution is 2.43. The number of halogens is 1. The first-order chi connectivity index (χ1) is 16.2. The first-order valence-electron chi connectivity index (χ1n) is 11.1. The monoisotopic (exact) mass is 519 g/mol. The molecule has 0 spiro atoms. The summed E-state index contributed by atoms with van der Waals surface area (Å²) in [6, 6.07) is 19.1. The van der Waals surface area contributed by atoms with Crippen molar-refractivity contribution in [1.82, 2.24) is 0 Å². The first-order valence-corrected chi connectivity index (χ1v) is 11.9. The van der Waals surface area contributed by atoms with Crippen molar-refractivity contribution in [3.05, 3.63) is 99.0 Å². The predicted octanol–water partition coefficient (Wildman–Crippen LogP) is 6.48. The maximum Gasteiger partial charge on any atom is 0.300 e. The molecule has 3 aromatic rings. The maximum atomic E-state index is 13.3. The lowest BCUT2D eigenvalue weighted by Crippen LogP contribution is -2.29. The third-order valence-corrected chi connectivity index (χ3v) is 6.41. The van der Waals surface area contributed by atoms with E-state index in [0.717, 1.165) is 15.6 Å². The number of anilines is 1. The summed E-state index contributed by atoms with van der Waals surface area (Å²) in [6.07, 6.45) is -0.0378. The summed E-state index contributed by atoms with van der Waals surface area (Å²) in [5.74, 6) is -0.986. The average molecular weight is 520 g/mol. The molecule has 0 aliphatic carbocycles. The SMILES string of the molecule is Cc1ccc(N2C(=O)C(=O)/C(=C(/O)c3ccc(Br)cc3)C2c2cccc(OC(C)C)c2)cc1C. The van der Waals surface area contributed by atoms with Crippen LogP contribution >= 0.6 is 15.9 Å². The Morgan fingerprint density at radius 2 is 1.68 bits per heavy atom. The van der Waals surface area contributed by atoms with E-state index in [1.807, 2.05) is 70.2 Å². The number of benzene rings is 3. The quantitative estimate of drug-likeness (QED) is 0.238. The van der Waals surface area contributed by atoms with Crippen LogP contribution in [0.2, 0.25) is 0 Å². The number of aryl methyl sites for hydroxylation is 2. The Kier molecular flexibility index (Phi) is 6.62.